The van der Waals surface area contributed by atoms with Gasteiger partial charge in [-0.15, -0.1) is 11.3 Å². The van der Waals surface area contributed by atoms with Crippen LogP contribution in [0.15, 0.2) is 45.2 Å². The minimum Gasteiger partial charge on any atom is -0.290 e. The van der Waals surface area contributed by atoms with E-state index in [1.165, 1.54) is 22.2 Å². The van der Waals surface area contributed by atoms with Crippen molar-refractivity contribution in [1.82, 2.24) is 9.55 Å². The Hall–Kier alpha value is -1.44. The van der Waals surface area contributed by atoms with Crippen LogP contribution in [0.25, 0.3) is 10.2 Å². The van der Waals surface area contributed by atoms with Crippen molar-refractivity contribution in [1.29, 1.82) is 0 Å². The summed E-state index contributed by atoms with van der Waals surface area (Å²) in [5.74, 6) is 1.21. The number of rotatable bonds is 5. The van der Waals surface area contributed by atoms with Gasteiger partial charge in [0.15, 0.2) is 5.16 Å². The summed E-state index contributed by atoms with van der Waals surface area (Å²) in [6.07, 6.45) is 3.20. The average molecular weight is 391 g/mol. The van der Waals surface area contributed by atoms with Gasteiger partial charge in [0, 0.05) is 28.3 Å². The highest BCUT2D eigenvalue weighted by Crippen LogP contribution is 2.35. The van der Waals surface area contributed by atoms with E-state index in [9.17, 15) is 9.00 Å². The maximum Gasteiger partial charge on any atom is 0.262 e. The van der Waals surface area contributed by atoms with Crippen LogP contribution >= 0.6 is 23.1 Å². The fourth-order valence-electron chi connectivity index (χ4n) is 3.13. The number of aromatic nitrogens is 2. The first-order chi connectivity index (χ1) is 12.1. The Morgan fingerprint density at radius 3 is 2.88 bits per heavy atom. The van der Waals surface area contributed by atoms with Gasteiger partial charge in [-0.3, -0.25) is 13.6 Å². The second-order valence-corrected chi connectivity index (χ2v) is 9.72. The van der Waals surface area contributed by atoms with Gasteiger partial charge in [-0.05, 0) is 37.0 Å². The van der Waals surface area contributed by atoms with Gasteiger partial charge in [-0.25, -0.2) is 4.98 Å². The van der Waals surface area contributed by atoms with E-state index >= 15 is 0 Å². The SMILES string of the molecule is Cn1c(SCCS(=O)c2ccccc2)nc2sc3c(c2c1=O)CCC3. The van der Waals surface area contributed by atoms with E-state index in [1.54, 1.807) is 23.0 Å². The van der Waals surface area contributed by atoms with Crippen LogP contribution in [0.2, 0.25) is 0 Å². The third-order valence-corrected chi connectivity index (χ3v) is 8.26. The highest BCUT2D eigenvalue weighted by atomic mass is 32.2. The summed E-state index contributed by atoms with van der Waals surface area (Å²) in [5.41, 5.74) is 1.27. The lowest BCUT2D eigenvalue weighted by molar-refractivity contribution is 0.684. The number of benzene rings is 1. The van der Waals surface area contributed by atoms with Crippen molar-refractivity contribution in [2.75, 3.05) is 11.5 Å². The van der Waals surface area contributed by atoms with Gasteiger partial charge in [-0.1, -0.05) is 30.0 Å². The zero-order valence-corrected chi connectivity index (χ0v) is 16.3. The predicted octanol–water partition coefficient (Wildman–Crippen LogP) is 3.38. The van der Waals surface area contributed by atoms with Crippen molar-refractivity contribution in [3.05, 3.63) is 51.1 Å². The molecular weight excluding hydrogens is 372 g/mol. The molecule has 0 saturated heterocycles. The molecule has 3 aromatic rings. The molecule has 1 unspecified atom stereocenters. The Morgan fingerprint density at radius 2 is 2.08 bits per heavy atom. The second kappa shape index (κ2) is 7.05. The van der Waals surface area contributed by atoms with Crippen molar-refractivity contribution in [3.63, 3.8) is 0 Å². The van der Waals surface area contributed by atoms with Crippen LogP contribution in [0.5, 0.6) is 0 Å². The Morgan fingerprint density at radius 1 is 1.28 bits per heavy atom. The van der Waals surface area contributed by atoms with E-state index in [0.717, 1.165) is 34.4 Å². The Labute approximate surface area is 156 Å². The molecular formula is C18H18N2O2S3. The van der Waals surface area contributed by atoms with Crippen molar-refractivity contribution in [3.8, 4) is 0 Å². The van der Waals surface area contributed by atoms with Crippen molar-refractivity contribution < 1.29 is 4.21 Å². The molecule has 0 fully saturated rings. The fourth-order valence-corrected chi connectivity index (χ4v) is 6.69. The fraction of sp³-hybridized carbons (Fsp3) is 0.333. The number of nitrogens with zero attached hydrogens (tertiary/aromatic N) is 2. The standard InChI is InChI=1S/C18H18N2O2S3/c1-20-17(21)15-13-8-5-9-14(13)24-16(15)19-18(20)23-10-11-25(22)12-6-3-2-4-7-12/h2-4,6-7H,5,8-11H2,1H3. The molecule has 4 nitrogen and oxygen atoms in total. The van der Waals surface area contributed by atoms with E-state index < -0.39 is 10.8 Å². The summed E-state index contributed by atoms with van der Waals surface area (Å²) in [4.78, 5) is 20.5. The predicted molar refractivity (Wildman–Crippen MR) is 105 cm³/mol. The molecule has 0 N–H and O–H groups in total. The van der Waals surface area contributed by atoms with Gasteiger partial charge in [0.05, 0.1) is 16.2 Å². The maximum absolute atomic E-state index is 12.7. The topological polar surface area (TPSA) is 52.0 Å². The molecule has 2 heterocycles. The first-order valence-electron chi connectivity index (χ1n) is 8.22. The molecule has 0 aliphatic heterocycles. The molecule has 1 aromatic carbocycles. The summed E-state index contributed by atoms with van der Waals surface area (Å²) in [6, 6.07) is 9.48. The molecule has 0 bridgehead atoms. The van der Waals surface area contributed by atoms with Gasteiger partial charge in [0.1, 0.15) is 4.83 Å². The van der Waals surface area contributed by atoms with E-state index in [4.69, 9.17) is 4.98 Å². The lowest BCUT2D eigenvalue weighted by atomic mass is 10.2. The molecule has 1 atom stereocenters. The van der Waals surface area contributed by atoms with Crippen LogP contribution < -0.4 is 5.56 Å². The van der Waals surface area contributed by atoms with E-state index in [1.807, 2.05) is 30.3 Å². The smallest absolute Gasteiger partial charge is 0.262 e. The Kier molecular flexibility index (Phi) is 4.80. The first-order valence-corrected chi connectivity index (χ1v) is 11.3. The van der Waals surface area contributed by atoms with Crippen molar-refractivity contribution in [2.24, 2.45) is 7.05 Å². The number of aryl methyl sites for hydroxylation is 2. The maximum atomic E-state index is 12.7. The van der Waals surface area contributed by atoms with E-state index in [0.29, 0.717) is 16.7 Å². The monoisotopic (exact) mass is 390 g/mol. The minimum atomic E-state index is -1.02. The van der Waals surface area contributed by atoms with Crippen LogP contribution in [0.4, 0.5) is 0 Å². The number of fused-ring (bicyclic) bond motifs is 3. The molecule has 25 heavy (non-hydrogen) atoms. The quantitative estimate of drug-likeness (QED) is 0.495. The number of thiophene rings is 1. The van der Waals surface area contributed by atoms with Crippen LogP contribution in [-0.4, -0.2) is 25.3 Å². The second-order valence-electron chi connectivity index (χ2n) is 6.01. The van der Waals surface area contributed by atoms with Gasteiger partial charge >= 0.3 is 0 Å². The third-order valence-electron chi connectivity index (χ3n) is 4.41. The summed E-state index contributed by atoms with van der Waals surface area (Å²) >= 11 is 3.17. The molecule has 0 amide bonds. The summed E-state index contributed by atoms with van der Waals surface area (Å²) in [6.45, 7) is 0. The lowest BCUT2D eigenvalue weighted by Crippen LogP contribution is -2.20. The minimum absolute atomic E-state index is 0.0519. The largest absolute Gasteiger partial charge is 0.290 e. The average Bonchev–Trinajstić information content (AvgIpc) is 3.20. The highest BCUT2D eigenvalue weighted by Gasteiger charge is 2.22. The van der Waals surface area contributed by atoms with Crippen LogP contribution in [0, 0.1) is 0 Å². The molecule has 4 rings (SSSR count). The van der Waals surface area contributed by atoms with Crippen LogP contribution in [0.3, 0.4) is 0 Å². The summed E-state index contributed by atoms with van der Waals surface area (Å²) in [5, 5.41) is 1.53. The first kappa shape index (κ1) is 17.0. The number of hydrogen-bond donors (Lipinski definition) is 0. The van der Waals surface area contributed by atoms with E-state index in [-0.39, 0.29) is 5.56 Å². The number of hydrogen-bond acceptors (Lipinski definition) is 5. The summed E-state index contributed by atoms with van der Waals surface area (Å²) in [7, 11) is 0.761. The third kappa shape index (κ3) is 3.20. The van der Waals surface area contributed by atoms with Crippen LogP contribution in [-0.2, 0) is 30.7 Å². The normalized spacial score (nSPS) is 14.8. The highest BCUT2D eigenvalue weighted by molar-refractivity contribution is 8.00. The lowest BCUT2D eigenvalue weighted by Gasteiger charge is -2.07. The zero-order chi connectivity index (χ0) is 17.4. The molecule has 0 radical (unpaired) electrons. The molecule has 2 aromatic heterocycles. The Bertz CT molecular complexity index is 1010. The van der Waals surface area contributed by atoms with E-state index in [2.05, 4.69) is 0 Å². The van der Waals surface area contributed by atoms with Gasteiger partial charge in [0.2, 0.25) is 0 Å². The molecule has 130 valence electrons. The van der Waals surface area contributed by atoms with Gasteiger partial charge in [-0.2, -0.15) is 0 Å². The molecule has 7 heteroatoms. The summed E-state index contributed by atoms with van der Waals surface area (Å²) < 4.78 is 13.9. The molecule has 1 aliphatic carbocycles. The molecule has 0 spiro atoms. The van der Waals surface area contributed by atoms with Gasteiger partial charge in [0.25, 0.3) is 5.56 Å². The number of thioether (sulfide) groups is 1. The Balaban J connectivity index is 1.53. The van der Waals surface area contributed by atoms with Crippen molar-refractivity contribution in [2.45, 2.75) is 29.3 Å². The van der Waals surface area contributed by atoms with Crippen LogP contribution in [0.1, 0.15) is 16.9 Å². The zero-order valence-electron chi connectivity index (χ0n) is 13.9. The van der Waals surface area contributed by atoms with Crippen molar-refractivity contribution >= 4 is 44.1 Å². The van der Waals surface area contributed by atoms with Gasteiger partial charge < -0.3 is 0 Å². The molecule has 0 saturated carbocycles. The molecule has 1 aliphatic rings.